The maximum Gasteiger partial charge on any atom is 0.250 e. The molecule has 0 saturated carbocycles. The number of nitrogens with one attached hydrogen (secondary N) is 1. The van der Waals surface area contributed by atoms with Crippen molar-refractivity contribution in [1.82, 2.24) is 9.55 Å². The normalized spacial score (nSPS) is 11.0. The number of para-hydroxylation sites is 3. The van der Waals surface area contributed by atoms with Crippen molar-refractivity contribution >= 4 is 22.6 Å². The molecule has 0 fully saturated rings. The second-order valence-corrected chi connectivity index (χ2v) is 6.51. The van der Waals surface area contributed by atoms with Crippen molar-refractivity contribution in [2.24, 2.45) is 0 Å². The van der Waals surface area contributed by atoms with Gasteiger partial charge in [-0.05, 0) is 43.5 Å². The molecule has 0 aliphatic rings. The predicted octanol–water partition coefficient (Wildman–Crippen LogP) is 4.21. The van der Waals surface area contributed by atoms with Gasteiger partial charge in [0.15, 0.2) is 0 Å². The number of aromatic nitrogens is 2. The molecule has 0 spiro atoms. The number of imidazole rings is 1. The number of carbonyl (C=O) groups excluding carboxylic acids is 1. The van der Waals surface area contributed by atoms with Crippen LogP contribution in [0.3, 0.4) is 0 Å². The minimum absolute atomic E-state index is 0.0805. The van der Waals surface area contributed by atoms with E-state index in [1.165, 1.54) is 5.52 Å². The molecule has 5 nitrogen and oxygen atoms in total. The molecule has 0 aliphatic heterocycles. The largest absolute Gasteiger partial charge is 0.372 e. The highest BCUT2D eigenvalue weighted by Crippen LogP contribution is 2.21. The lowest BCUT2D eigenvalue weighted by atomic mass is 10.1. The Kier molecular flexibility index (Phi) is 6.60. The molecular weight excluding hydrogens is 338 g/mol. The van der Waals surface area contributed by atoms with E-state index in [2.05, 4.69) is 41.1 Å². The molecule has 1 N–H and O–H groups in total. The smallest absolute Gasteiger partial charge is 0.250 e. The summed E-state index contributed by atoms with van der Waals surface area (Å²) in [4.78, 5) is 16.8. The monoisotopic (exact) mass is 365 g/mol. The standard InChI is InChI=1S/C22H27N3O2/c1-3-15-25-20-12-8-7-11-19(20)23-21(25)14-13-17-9-5-6-10-18(17)24-22(26)16-27-4-2/h5-12H,3-4,13-16H2,1-2H3,(H,24,26). The van der Waals surface area contributed by atoms with Crippen LogP contribution in [-0.4, -0.2) is 28.7 Å². The Bertz CT molecular complexity index is 901. The number of aryl methyl sites for hydroxylation is 3. The summed E-state index contributed by atoms with van der Waals surface area (Å²) in [6, 6.07) is 16.2. The Morgan fingerprint density at radius 1 is 1.07 bits per heavy atom. The number of ether oxygens (including phenoxy) is 1. The zero-order valence-electron chi connectivity index (χ0n) is 16.1. The molecular formula is C22H27N3O2. The third-order valence-corrected chi connectivity index (χ3v) is 4.53. The van der Waals surface area contributed by atoms with Gasteiger partial charge in [0.25, 0.3) is 0 Å². The summed E-state index contributed by atoms with van der Waals surface area (Å²) in [5, 5.41) is 2.96. The van der Waals surface area contributed by atoms with Gasteiger partial charge < -0.3 is 14.6 Å². The number of anilines is 1. The Morgan fingerprint density at radius 2 is 1.85 bits per heavy atom. The van der Waals surface area contributed by atoms with Gasteiger partial charge in [-0.2, -0.15) is 0 Å². The zero-order valence-corrected chi connectivity index (χ0v) is 16.1. The average molecular weight is 365 g/mol. The summed E-state index contributed by atoms with van der Waals surface area (Å²) in [6.07, 6.45) is 2.71. The van der Waals surface area contributed by atoms with Crippen molar-refractivity contribution < 1.29 is 9.53 Å². The second kappa shape index (κ2) is 9.33. The summed E-state index contributed by atoms with van der Waals surface area (Å²) in [5.74, 6) is 0.969. The summed E-state index contributed by atoms with van der Waals surface area (Å²) in [7, 11) is 0. The van der Waals surface area contributed by atoms with Crippen molar-refractivity contribution in [3.8, 4) is 0 Å². The first-order chi connectivity index (χ1) is 13.2. The van der Waals surface area contributed by atoms with E-state index in [9.17, 15) is 4.79 Å². The predicted molar refractivity (Wildman–Crippen MR) is 109 cm³/mol. The maximum absolute atomic E-state index is 12.0. The van der Waals surface area contributed by atoms with Crippen LogP contribution in [-0.2, 0) is 28.9 Å². The van der Waals surface area contributed by atoms with Crippen LogP contribution in [0.4, 0.5) is 5.69 Å². The van der Waals surface area contributed by atoms with Gasteiger partial charge in [0.05, 0.1) is 11.0 Å². The molecule has 0 bridgehead atoms. The van der Waals surface area contributed by atoms with Crippen LogP contribution in [0.25, 0.3) is 11.0 Å². The molecule has 0 aliphatic carbocycles. The topological polar surface area (TPSA) is 56.2 Å². The Balaban J connectivity index is 1.76. The van der Waals surface area contributed by atoms with Gasteiger partial charge in [0.1, 0.15) is 12.4 Å². The molecule has 0 atom stereocenters. The molecule has 1 amide bonds. The van der Waals surface area contributed by atoms with Gasteiger partial charge in [-0.25, -0.2) is 4.98 Å². The highest BCUT2D eigenvalue weighted by molar-refractivity contribution is 5.92. The van der Waals surface area contributed by atoms with E-state index >= 15 is 0 Å². The van der Waals surface area contributed by atoms with Crippen molar-refractivity contribution in [1.29, 1.82) is 0 Å². The summed E-state index contributed by atoms with van der Waals surface area (Å²) >= 11 is 0. The Morgan fingerprint density at radius 3 is 2.67 bits per heavy atom. The van der Waals surface area contributed by atoms with Crippen molar-refractivity contribution in [2.75, 3.05) is 18.5 Å². The number of fused-ring (bicyclic) bond motifs is 1. The third kappa shape index (κ3) is 4.74. The number of rotatable bonds is 9. The molecule has 1 heterocycles. The molecule has 27 heavy (non-hydrogen) atoms. The molecule has 3 rings (SSSR count). The molecule has 1 aromatic heterocycles. The zero-order chi connectivity index (χ0) is 19.1. The molecule has 142 valence electrons. The lowest BCUT2D eigenvalue weighted by Gasteiger charge is -2.12. The van der Waals surface area contributed by atoms with Gasteiger partial charge in [0.2, 0.25) is 5.91 Å². The molecule has 0 unspecified atom stereocenters. The van der Waals surface area contributed by atoms with E-state index in [1.54, 1.807) is 0 Å². The Labute approximate surface area is 160 Å². The fraction of sp³-hybridized carbons (Fsp3) is 0.364. The third-order valence-electron chi connectivity index (χ3n) is 4.53. The number of hydrogen-bond acceptors (Lipinski definition) is 3. The van der Waals surface area contributed by atoms with E-state index in [4.69, 9.17) is 9.72 Å². The quantitative estimate of drug-likeness (QED) is 0.618. The summed E-state index contributed by atoms with van der Waals surface area (Å²) in [5.41, 5.74) is 4.18. The van der Waals surface area contributed by atoms with E-state index in [0.717, 1.165) is 48.4 Å². The van der Waals surface area contributed by atoms with Crippen molar-refractivity contribution in [2.45, 2.75) is 39.7 Å². The first-order valence-electron chi connectivity index (χ1n) is 9.62. The van der Waals surface area contributed by atoms with Crippen LogP contribution in [0.5, 0.6) is 0 Å². The second-order valence-electron chi connectivity index (χ2n) is 6.51. The maximum atomic E-state index is 12.0. The Hall–Kier alpha value is -2.66. The molecule has 0 saturated heterocycles. The first-order valence-corrected chi connectivity index (χ1v) is 9.62. The van der Waals surface area contributed by atoms with Crippen LogP contribution in [0.1, 0.15) is 31.7 Å². The fourth-order valence-corrected chi connectivity index (χ4v) is 3.28. The highest BCUT2D eigenvalue weighted by Gasteiger charge is 2.12. The first kappa shape index (κ1) is 19.1. The van der Waals surface area contributed by atoms with Gasteiger partial charge >= 0.3 is 0 Å². The number of nitrogens with zero attached hydrogens (tertiary/aromatic N) is 2. The van der Waals surface area contributed by atoms with E-state index < -0.39 is 0 Å². The molecule has 5 heteroatoms. The van der Waals surface area contributed by atoms with Crippen LogP contribution >= 0.6 is 0 Å². The number of carbonyl (C=O) groups is 1. The molecule has 3 aromatic rings. The van der Waals surface area contributed by atoms with Crippen molar-refractivity contribution in [3.05, 3.63) is 59.9 Å². The lowest BCUT2D eigenvalue weighted by Crippen LogP contribution is -2.19. The van der Waals surface area contributed by atoms with E-state index in [1.807, 2.05) is 31.2 Å². The van der Waals surface area contributed by atoms with E-state index in [0.29, 0.717) is 6.61 Å². The highest BCUT2D eigenvalue weighted by atomic mass is 16.5. The number of amides is 1. The summed E-state index contributed by atoms with van der Waals surface area (Å²) in [6.45, 7) is 5.63. The van der Waals surface area contributed by atoms with E-state index in [-0.39, 0.29) is 12.5 Å². The van der Waals surface area contributed by atoms with Crippen LogP contribution in [0.2, 0.25) is 0 Å². The van der Waals surface area contributed by atoms with Crippen LogP contribution in [0, 0.1) is 0 Å². The molecule has 2 aromatic carbocycles. The molecule has 0 radical (unpaired) electrons. The SMILES string of the molecule is CCCn1c(CCc2ccccc2NC(=O)COCC)nc2ccccc21. The van der Waals surface area contributed by atoms with Gasteiger partial charge in [-0.3, -0.25) is 4.79 Å². The summed E-state index contributed by atoms with van der Waals surface area (Å²) < 4.78 is 7.50. The van der Waals surface area contributed by atoms with Gasteiger partial charge in [-0.15, -0.1) is 0 Å². The van der Waals surface area contributed by atoms with Crippen LogP contribution in [0.15, 0.2) is 48.5 Å². The minimum Gasteiger partial charge on any atom is -0.372 e. The number of hydrogen-bond donors (Lipinski definition) is 1. The van der Waals surface area contributed by atoms with Gasteiger partial charge in [-0.1, -0.05) is 37.3 Å². The van der Waals surface area contributed by atoms with Gasteiger partial charge in [0, 0.05) is 25.3 Å². The van der Waals surface area contributed by atoms with Crippen LogP contribution < -0.4 is 5.32 Å². The fourth-order valence-electron chi connectivity index (χ4n) is 3.28. The lowest BCUT2D eigenvalue weighted by molar-refractivity contribution is -0.120. The van der Waals surface area contributed by atoms with Crippen molar-refractivity contribution in [3.63, 3.8) is 0 Å². The average Bonchev–Trinajstić information content (AvgIpc) is 3.04. The minimum atomic E-state index is -0.123. The number of benzene rings is 2.